The van der Waals surface area contributed by atoms with E-state index in [0.29, 0.717) is 35.8 Å². The predicted octanol–water partition coefficient (Wildman–Crippen LogP) is 2.07. The molecule has 36 heavy (non-hydrogen) atoms. The van der Waals surface area contributed by atoms with Crippen LogP contribution in [0.5, 0.6) is 0 Å². The monoisotopic (exact) mass is 490 g/mol. The van der Waals surface area contributed by atoms with E-state index in [1.54, 1.807) is 12.3 Å². The number of carbonyl (C=O) groups is 4. The van der Waals surface area contributed by atoms with Gasteiger partial charge in [0.25, 0.3) is 11.8 Å². The second kappa shape index (κ2) is 8.25. The minimum atomic E-state index is -0.657. The molecule has 10 nitrogen and oxygen atoms in total. The molecule has 0 bridgehead atoms. The Morgan fingerprint density at radius 1 is 1.17 bits per heavy atom. The average Bonchev–Trinajstić information content (AvgIpc) is 3.57. The molecular weight excluding hydrogens is 460 g/mol. The van der Waals surface area contributed by atoms with Gasteiger partial charge in [0.15, 0.2) is 5.69 Å². The molecular formula is C26H30N6O4. The molecule has 2 saturated heterocycles. The number of piperidine rings is 1. The molecule has 1 aromatic carbocycles. The number of rotatable bonds is 4. The molecule has 1 N–H and O–H groups in total. The molecule has 1 aliphatic carbocycles. The zero-order chi connectivity index (χ0) is 25.2. The molecule has 4 heterocycles. The standard InChI is InChI=1S/C26H30N6O4/c1-15(2)22-26(9-3-4-10-26)14-31(22)25(36)19-13-32(29-28-19)17-6-5-16-12-30(24(35)18(16)11-17)20-7-8-21(33)27-23(20)34/h5-6,11,13,15,20,22H,3-4,7-10,12,14H2,1-2H3,(H,27,33,34). The number of nitrogens with zero attached hydrogens (tertiary/aromatic N) is 5. The summed E-state index contributed by atoms with van der Waals surface area (Å²) >= 11 is 0. The van der Waals surface area contributed by atoms with E-state index in [2.05, 4.69) is 29.5 Å². The van der Waals surface area contributed by atoms with E-state index in [9.17, 15) is 19.2 Å². The highest BCUT2D eigenvalue weighted by molar-refractivity contribution is 6.05. The van der Waals surface area contributed by atoms with Crippen LogP contribution in [0.2, 0.25) is 0 Å². The maximum Gasteiger partial charge on any atom is 0.276 e. The molecule has 2 atom stereocenters. The summed E-state index contributed by atoms with van der Waals surface area (Å²) in [6.45, 7) is 5.46. The van der Waals surface area contributed by atoms with Gasteiger partial charge in [-0.2, -0.15) is 0 Å². The van der Waals surface area contributed by atoms with Crippen LogP contribution in [0.15, 0.2) is 24.4 Å². The Morgan fingerprint density at radius 3 is 2.67 bits per heavy atom. The summed E-state index contributed by atoms with van der Waals surface area (Å²) in [5, 5.41) is 10.7. The van der Waals surface area contributed by atoms with Crippen molar-refractivity contribution in [3.63, 3.8) is 0 Å². The first-order valence-electron chi connectivity index (χ1n) is 12.8. The molecule has 1 saturated carbocycles. The van der Waals surface area contributed by atoms with Crippen molar-refractivity contribution in [1.29, 1.82) is 0 Å². The van der Waals surface area contributed by atoms with Crippen molar-refractivity contribution >= 4 is 23.6 Å². The fraction of sp³-hybridized carbons (Fsp3) is 0.538. The normalized spacial score (nSPS) is 24.9. The molecule has 3 fully saturated rings. The Bertz CT molecular complexity index is 1280. The van der Waals surface area contributed by atoms with Gasteiger partial charge < -0.3 is 9.80 Å². The molecule has 10 heteroatoms. The van der Waals surface area contributed by atoms with Crippen molar-refractivity contribution in [3.05, 3.63) is 41.2 Å². The summed E-state index contributed by atoms with van der Waals surface area (Å²) in [4.78, 5) is 53.7. The van der Waals surface area contributed by atoms with E-state index < -0.39 is 11.9 Å². The van der Waals surface area contributed by atoms with Crippen LogP contribution >= 0.6 is 0 Å². The van der Waals surface area contributed by atoms with Crippen molar-refractivity contribution < 1.29 is 19.2 Å². The van der Waals surface area contributed by atoms with Crippen molar-refractivity contribution in [2.45, 2.75) is 71.0 Å². The lowest BCUT2D eigenvalue weighted by Crippen LogP contribution is -2.67. The van der Waals surface area contributed by atoms with Gasteiger partial charge in [0.05, 0.1) is 11.9 Å². The van der Waals surface area contributed by atoms with Gasteiger partial charge in [-0.05, 0) is 42.9 Å². The SMILES string of the molecule is CC(C)C1N(C(=O)c2cn(-c3ccc4c(c3)C(=O)N(C3CCC(=O)NC3=O)C4)nn2)CC12CCCC2. The van der Waals surface area contributed by atoms with Gasteiger partial charge in [-0.15, -0.1) is 5.10 Å². The Balaban J connectivity index is 1.20. The fourth-order valence-corrected chi connectivity index (χ4v) is 6.87. The number of carbonyl (C=O) groups excluding carboxylic acids is 4. The third-order valence-electron chi connectivity index (χ3n) is 8.43. The van der Waals surface area contributed by atoms with Crippen molar-refractivity contribution in [1.82, 2.24) is 30.1 Å². The number of hydrogen-bond donors (Lipinski definition) is 1. The van der Waals surface area contributed by atoms with Crippen LogP contribution < -0.4 is 5.32 Å². The number of aromatic nitrogens is 3. The Labute approximate surface area is 209 Å². The Morgan fingerprint density at radius 2 is 1.94 bits per heavy atom. The molecule has 188 valence electrons. The third kappa shape index (κ3) is 3.45. The molecule has 1 spiro atoms. The lowest BCUT2D eigenvalue weighted by atomic mass is 9.66. The van der Waals surface area contributed by atoms with Crippen molar-refractivity contribution in [3.8, 4) is 5.69 Å². The van der Waals surface area contributed by atoms with Crippen LogP contribution in [0.4, 0.5) is 0 Å². The van der Waals surface area contributed by atoms with Gasteiger partial charge in [-0.3, -0.25) is 24.5 Å². The molecule has 1 aromatic heterocycles. The van der Waals surface area contributed by atoms with Crippen LogP contribution in [0, 0.1) is 11.3 Å². The second-order valence-electron chi connectivity index (χ2n) is 11.0. The van der Waals surface area contributed by atoms with Crippen LogP contribution in [-0.2, 0) is 16.1 Å². The minimum Gasteiger partial charge on any atom is -0.333 e. The molecule has 2 aromatic rings. The summed E-state index contributed by atoms with van der Waals surface area (Å²) in [6, 6.07) is 4.97. The van der Waals surface area contributed by atoms with Crippen molar-refractivity contribution in [2.24, 2.45) is 11.3 Å². The molecule has 2 unspecified atom stereocenters. The molecule has 3 aliphatic heterocycles. The number of hydrogen-bond acceptors (Lipinski definition) is 6. The number of fused-ring (bicyclic) bond motifs is 1. The smallest absolute Gasteiger partial charge is 0.276 e. The van der Waals surface area contributed by atoms with Gasteiger partial charge in [0.2, 0.25) is 11.8 Å². The topological polar surface area (TPSA) is 118 Å². The number of imide groups is 1. The van der Waals surface area contributed by atoms with Crippen LogP contribution in [0.1, 0.15) is 78.8 Å². The van der Waals surface area contributed by atoms with Crippen molar-refractivity contribution in [2.75, 3.05) is 6.54 Å². The summed E-state index contributed by atoms with van der Waals surface area (Å²) in [5.74, 6) is -0.711. The summed E-state index contributed by atoms with van der Waals surface area (Å²) < 4.78 is 1.52. The van der Waals surface area contributed by atoms with Gasteiger partial charge >= 0.3 is 0 Å². The van der Waals surface area contributed by atoms with Gasteiger partial charge in [0, 0.05) is 36.5 Å². The second-order valence-corrected chi connectivity index (χ2v) is 11.0. The summed E-state index contributed by atoms with van der Waals surface area (Å²) in [6.07, 6.45) is 7.00. The highest BCUT2D eigenvalue weighted by Crippen LogP contribution is 2.53. The molecule has 4 amide bonds. The highest BCUT2D eigenvalue weighted by atomic mass is 16.2. The van der Waals surface area contributed by atoms with Crippen LogP contribution in [0.3, 0.4) is 0 Å². The third-order valence-corrected chi connectivity index (χ3v) is 8.43. The molecule has 4 aliphatic rings. The molecule has 0 radical (unpaired) electrons. The average molecular weight is 491 g/mol. The minimum absolute atomic E-state index is 0.0984. The number of benzene rings is 1. The summed E-state index contributed by atoms with van der Waals surface area (Å²) in [5.41, 5.74) is 2.48. The van der Waals surface area contributed by atoms with E-state index in [-0.39, 0.29) is 35.6 Å². The zero-order valence-electron chi connectivity index (χ0n) is 20.6. The van der Waals surface area contributed by atoms with E-state index >= 15 is 0 Å². The van der Waals surface area contributed by atoms with Crippen LogP contribution in [-0.4, -0.2) is 67.1 Å². The maximum atomic E-state index is 13.3. The zero-order valence-corrected chi connectivity index (χ0v) is 20.6. The Kier molecular flexibility index (Phi) is 5.24. The highest BCUT2D eigenvalue weighted by Gasteiger charge is 2.56. The largest absolute Gasteiger partial charge is 0.333 e. The Hall–Kier alpha value is -3.56. The van der Waals surface area contributed by atoms with E-state index in [4.69, 9.17) is 0 Å². The first-order chi connectivity index (χ1) is 17.3. The first-order valence-corrected chi connectivity index (χ1v) is 12.8. The molecule has 6 rings (SSSR count). The number of amides is 4. The van der Waals surface area contributed by atoms with E-state index in [1.165, 1.54) is 35.3 Å². The summed E-state index contributed by atoms with van der Waals surface area (Å²) in [7, 11) is 0. The quantitative estimate of drug-likeness (QED) is 0.656. The maximum absolute atomic E-state index is 13.3. The predicted molar refractivity (Wildman–Crippen MR) is 128 cm³/mol. The van der Waals surface area contributed by atoms with E-state index in [1.807, 2.05) is 17.0 Å². The van der Waals surface area contributed by atoms with Gasteiger partial charge in [-0.1, -0.05) is 38.0 Å². The van der Waals surface area contributed by atoms with E-state index in [0.717, 1.165) is 12.1 Å². The van der Waals surface area contributed by atoms with Gasteiger partial charge in [0.1, 0.15) is 6.04 Å². The number of nitrogens with one attached hydrogen (secondary N) is 1. The number of likely N-dealkylation sites (tertiary alicyclic amines) is 1. The fourth-order valence-electron chi connectivity index (χ4n) is 6.87. The first kappa shape index (κ1) is 22.9. The van der Waals surface area contributed by atoms with Gasteiger partial charge in [-0.25, -0.2) is 4.68 Å². The van der Waals surface area contributed by atoms with Crippen LogP contribution in [0.25, 0.3) is 5.69 Å². The lowest BCUT2D eigenvalue weighted by molar-refractivity contribution is -0.136. The lowest BCUT2D eigenvalue weighted by Gasteiger charge is -2.58.